The summed E-state index contributed by atoms with van der Waals surface area (Å²) in [5.41, 5.74) is 13.0. The van der Waals surface area contributed by atoms with Gasteiger partial charge in [-0.05, 0) is 30.7 Å². The molecule has 100 valence electrons. The first kappa shape index (κ1) is 14.5. The zero-order valence-electron chi connectivity index (χ0n) is 10.7. The Morgan fingerprint density at radius 1 is 1.39 bits per heavy atom. The fourth-order valence-corrected chi connectivity index (χ4v) is 1.86. The van der Waals surface area contributed by atoms with E-state index in [4.69, 9.17) is 16.6 Å². The number of aliphatic hydroxyl groups excluding tert-OH is 1. The molecule has 0 bridgehead atoms. The highest BCUT2D eigenvalue weighted by molar-refractivity contribution is 5.93. The molecule has 1 aromatic carbocycles. The summed E-state index contributed by atoms with van der Waals surface area (Å²) in [4.78, 5) is 13.1. The van der Waals surface area contributed by atoms with Crippen LogP contribution >= 0.6 is 0 Å². The summed E-state index contributed by atoms with van der Waals surface area (Å²) in [5, 5.41) is 8.99. The fraction of sp³-hybridized carbons (Fsp3) is 0.462. The van der Waals surface area contributed by atoms with E-state index in [1.54, 1.807) is 12.1 Å². The number of hydrogen-bond donors (Lipinski definition) is 3. The van der Waals surface area contributed by atoms with Crippen LogP contribution in [0.2, 0.25) is 0 Å². The van der Waals surface area contributed by atoms with Crippen molar-refractivity contribution in [3.63, 3.8) is 0 Å². The minimum absolute atomic E-state index is 0.124. The second-order valence-electron chi connectivity index (χ2n) is 4.28. The van der Waals surface area contributed by atoms with Crippen molar-refractivity contribution < 1.29 is 9.90 Å². The summed E-state index contributed by atoms with van der Waals surface area (Å²) >= 11 is 0. The quantitative estimate of drug-likeness (QED) is 0.618. The van der Waals surface area contributed by atoms with Gasteiger partial charge in [0.25, 0.3) is 0 Å². The highest BCUT2D eigenvalue weighted by Crippen LogP contribution is 2.16. The van der Waals surface area contributed by atoms with Crippen molar-refractivity contribution in [2.45, 2.75) is 19.9 Å². The fourth-order valence-electron chi connectivity index (χ4n) is 1.86. The molecule has 18 heavy (non-hydrogen) atoms. The molecule has 0 heterocycles. The second kappa shape index (κ2) is 6.98. The number of rotatable bonds is 7. The summed E-state index contributed by atoms with van der Waals surface area (Å²) in [6.45, 7) is 4.39. The van der Waals surface area contributed by atoms with Crippen LogP contribution in [0.5, 0.6) is 0 Å². The molecule has 5 nitrogen and oxygen atoms in total. The van der Waals surface area contributed by atoms with Crippen molar-refractivity contribution in [2.75, 3.05) is 25.4 Å². The molecule has 0 radical (unpaired) electrons. The van der Waals surface area contributed by atoms with Gasteiger partial charge in [0.2, 0.25) is 5.91 Å². The van der Waals surface area contributed by atoms with Gasteiger partial charge in [0.15, 0.2) is 0 Å². The molecule has 0 saturated heterocycles. The SMILES string of the molecule is CCCN(CCO)Cc1ccc(C(N)=O)cc1N. The number of carbonyl (C=O) groups excluding carboxylic acids is 1. The first-order valence-electron chi connectivity index (χ1n) is 6.10. The van der Waals surface area contributed by atoms with Crippen molar-refractivity contribution in [3.8, 4) is 0 Å². The van der Waals surface area contributed by atoms with Gasteiger partial charge in [0.1, 0.15) is 0 Å². The largest absolute Gasteiger partial charge is 0.398 e. The first-order valence-corrected chi connectivity index (χ1v) is 6.10. The molecule has 0 aliphatic carbocycles. The van der Waals surface area contributed by atoms with Crippen LogP contribution in [0.4, 0.5) is 5.69 Å². The molecule has 0 atom stereocenters. The van der Waals surface area contributed by atoms with Crippen LogP contribution in [0.1, 0.15) is 29.3 Å². The summed E-state index contributed by atoms with van der Waals surface area (Å²) in [6, 6.07) is 5.09. The molecule has 0 aliphatic rings. The number of hydrogen-bond acceptors (Lipinski definition) is 4. The van der Waals surface area contributed by atoms with Gasteiger partial charge in [-0.1, -0.05) is 13.0 Å². The van der Waals surface area contributed by atoms with Gasteiger partial charge < -0.3 is 16.6 Å². The maximum atomic E-state index is 11.0. The predicted octanol–water partition coefficient (Wildman–Crippen LogP) is 0.572. The van der Waals surface area contributed by atoms with Gasteiger partial charge in [-0.3, -0.25) is 9.69 Å². The van der Waals surface area contributed by atoms with E-state index in [1.807, 2.05) is 6.07 Å². The molecular formula is C13H21N3O2. The molecule has 0 unspecified atom stereocenters. The van der Waals surface area contributed by atoms with E-state index in [-0.39, 0.29) is 6.61 Å². The maximum Gasteiger partial charge on any atom is 0.248 e. The monoisotopic (exact) mass is 251 g/mol. The molecule has 0 spiro atoms. The number of nitrogens with zero attached hydrogens (tertiary/aromatic N) is 1. The van der Waals surface area contributed by atoms with Crippen LogP contribution in [-0.2, 0) is 6.54 Å². The number of nitrogens with two attached hydrogens (primary N) is 2. The number of anilines is 1. The van der Waals surface area contributed by atoms with Crippen molar-refractivity contribution in [2.24, 2.45) is 5.73 Å². The number of nitrogen functional groups attached to an aromatic ring is 1. The first-order chi connectivity index (χ1) is 8.58. The molecule has 5 heteroatoms. The highest BCUT2D eigenvalue weighted by Gasteiger charge is 2.09. The summed E-state index contributed by atoms with van der Waals surface area (Å²) in [5.74, 6) is -0.478. The Morgan fingerprint density at radius 3 is 2.61 bits per heavy atom. The Labute approximate surface area is 107 Å². The molecule has 0 aromatic heterocycles. The molecule has 1 amide bonds. The highest BCUT2D eigenvalue weighted by atomic mass is 16.3. The standard InChI is InChI=1S/C13H21N3O2/c1-2-5-16(6-7-17)9-11-4-3-10(13(15)18)8-12(11)14/h3-4,8,17H,2,5-7,9,14H2,1H3,(H2,15,18). The Bertz CT molecular complexity index is 401. The molecular weight excluding hydrogens is 230 g/mol. The van der Waals surface area contributed by atoms with Gasteiger partial charge in [0, 0.05) is 24.3 Å². The van der Waals surface area contributed by atoms with Crippen LogP contribution in [0.15, 0.2) is 18.2 Å². The summed E-state index contributed by atoms with van der Waals surface area (Å²) < 4.78 is 0. The lowest BCUT2D eigenvalue weighted by Gasteiger charge is -2.21. The number of benzene rings is 1. The van der Waals surface area contributed by atoms with Crippen molar-refractivity contribution in [3.05, 3.63) is 29.3 Å². The Kier molecular flexibility index (Phi) is 5.61. The zero-order valence-corrected chi connectivity index (χ0v) is 10.7. The number of amides is 1. The van der Waals surface area contributed by atoms with Crippen LogP contribution in [0.3, 0.4) is 0 Å². The molecule has 1 aromatic rings. The molecule has 0 saturated carbocycles. The van der Waals surface area contributed by atoms with Crippen molar-refractivity contribution in [1.82, 2.24) is 4.90 Å². The Hall–Kier alpha value is -1.59. The third-order valence-corrected chi connectivity index (χ3v) is 2.78. The summed E-state index contributed by atoms with van der Waals surface area (Å²) in [7, 11) is 0. The topological polar surface area (TPSA) is 92.6 Å². The van der Waals surface area contributed by atoms with E-state index in [2.05, 4.69) is 11.8 Å². The predicted molar refractivity (Wildman–Crippen MR) is 72.0 cm³/mol. The van der Waals surface area contributed by atoms with Gasteiger partial charge in [-0.15, -0.1) is 0 Å². The summed E-state index contributed by atoms with van der Waals surface area (Å²) in [6.07, 6.45) is 1.01. The van der Waals surface area contributed by atoms with Gasteiger partial charge in [0.05, 0.1) is 6.61 Å². The van der Waals surface area contributed by atoms with Crippen LogP contribution < -0.4 is 11.5 Å². The normalized spacial score (nSPS) is 10.8. The Balaban J connectivity index is 2.79. The Morgan fingerprint density at radius 2 is 2.11 bits per heavy atom. The van der Waals surface area contributed by atoms with E-state index in [9.17, 15) is 4.79 Å². The second-order valence-corrected chi connectivity index (χ2v) is 4.28. The molecule has 0 aliphatic heterocycles. The maximum absolute atomic E-state index is 11.0. The lowest BCUT2D eigenvalue weighted by molar-refractivity contribution is 0.100. The third kappa shape index (κ3) is 4.01. The zero-order chi connectivity index (χ0) is 13.5. The van der Waals surface area contributed by atoms with E-state index in [1.165, 1.54) is 0 Å². The molecule has 1 rings (SSSR count). The third-order valence-electron chi connectivity index (χ3n) is 2.78. The molecule has 0 fully saturated rings. The van der Waals surface area contributed by atoms with Gasteiger partial charge in [-0.2, -0.15) is 0 Å². The number of carbonyl (C=O) groups is 1. The van der Waals surface area contributed by atoms with Crippen LogP contribution in [0.25, 0.3) is 0 Å². The van der Waals surface area contributed by atoms with Crippen molar-refractivity contribution in [1.29, 1.82) is 0 Å². The van der Waals surface area contributed by atoms with E-state index >= 15 is 0 Å². The minimum atomic E-state index is -0.478. The van der Waals surface area contributed by atoms with E-state index in [0.29, 0.717) is 24.3 Å². The van der Waals surface area contributed by atoms with Gasteiger partial charge in [-0.25, -0.2) is 0 Å². The van der Waals surface area contributed by atoms with Crippen molar-refractivity contribution >= 4 is 11.6 Å². The van der Waals surface area contributed by atoms with E-state index < -0.39 is 5.91 Å². The average Bonchev–Trinajstić information content (AvgIpc) is 2.32. The lowest BCUT2D eigenvalue weighted by Crippen LogP contribution is -2.27. The average molecular weight is 251 g/mol. The number of primary amides is 1. The van der Waals surface area contributed by atoms with Gasteiger partial charge >= 0.3 is 0 Å². The lowest BCUT2D eigenvalue weighted by atomic mass is 10.1. The smallest absolute Gasteiger partial charge is 0.248 e. The van der Waals surface area contributed by atoms with Crippen LogP contribution in [-0.4, -0.2) is 35.6 Å². The molecule has 5 N–H and O–H groups in total. The van der Waals surface area contributed by atoms with E-state index in [0.717, 1.165) is 18.5 Å². The minimum Gasteiger partial charge on any atom is -0.398 e. The number of aliphatic hydroxyl groups is 1. The van der Waals surface area contributed by atoms with Crippen LogP contribution in [0, 0.1) is 0 Å².